The van der Waals surface area contributed by atoms with E-state index >= 15 is 0 Å². The van der Waals surface area contributed by atoms with E-state index in [4.69, 9.17) is 9.15 Å². The second kappa shape index (κ2) is 4.06. The zero-order chi connectivity index (χ0) is 14.4. The highest BCUT2D eigenvalue weighted by atomic mass is 16.5. The predicted molar refractivity (Wildman–Crippen MR) is 71.5 cm³/mol. The molecule has 0 spiro atoms. The molecule has 2 aromatic carbocycles. The van der Waals surface area contributed by atoms with Crippen LogP contribution in [0.25, 0.3) is 21.9 Å². The minimum Gasteiger partial charge on any atom is -0.508 e. The summed E-state index contributed by atoms with van der Waals surface area (Å²) in [5.41, 5.74) is -0.191. The number of benzene rings is 2. The molecule has 0 unspecified atom stereocenters. The summed E-state index contributed by atoms with van der Waals surface area (Å²) < 4.78 is 10.5. The van der Waals surface area contributed by atoms with Crippen molar-refractivity contribution in [2.24, 2.45) is 0 Å². The molecular weight excluding hydrogens is 264 g/mol. The lowest BCUT2D eigenvalue weighted by molar-refractivity contribution is 0.403. The van der Waals surface area contributed by atoms with Crippen LogP contribution in [0.5, 0.6) is 23.0 Å². The number of ether oxygens (including phenoxy) is 1. The fourth-order valence-electron chi connectivity index (χ4n) is 2.11. The number of aromatic hydroxyl groups is 3. The van der Waals surface area contributed by atoms with Crippen molar-refractivity contribution in [2.75, 3.05) is 7.11 Å². The molecule has 3 N–H and O–H groups in total. The lowest BCUT2D eigenvalue weighted by atomic mass is 10.1. The number of fused-ring (bicyclic) bond motifs is 2. The summed E-state index contributed by atoms with van der Waals surface area (Å²) in [4.78, 5) is 12.4. The molecule has 1 heterocycles. The molecule has 1 aromatic heterocycles. The van der Waals surface area contributed by atoms with Gasteiger partial charge in [-0.3, -0.25) is 4.79 Å². The van der Waals surface area contributed by atoms with Gasteiger partial charge in [0.2, 0.25) is 5.43 Å². The normalized spacial score (nSPS) is 11.1. The Morgan fingerprint density at radius 3 is 2.40 bits per heavy atom. The second-order valence-corrected chi connectivity index (χ2v) is 4.29. The lowest BCUT2D eigenvalue weighted by Gasteiger charge is -2.07. The largest absolute Gasteiger partial charge is 0.508 e. The third kappa shape index (κ3) is 1.62. The van der Waals surface area contributed by atoms with Gasteiger partial charge in [0.15, 0.2) is 11.5 Å². The summed E-state index contributed by atoms with van der Waals surface area (Å²) in [7, 11) is 1.37. The van der Waals surface area contributed by atoms with Crippen LogP contribution < -0.4 is 10.2 Å². The quantitative estimate of drug-likeness (QED) is 0.464. The van der Waals surface area contributed by atoms with E-state index in [1.165, 1.54) is 19.2 Å². The molecule has 20 heavy (non-hydrogen) atoms. The van der Waals surface area contributed by atoms with E-state index in [0.29, 0.717) is 0 Å². The van der Waals surface area contributed by atoms with Crippen LogP contribution in [-0.4, -0.2) is 22.4 Å². The topological polar surface area (TPSA) is 100 Å². The Bertz CT molecular complexity index is 894. The third-order valence-corrected chi connectivity index (χ3v) is 3.04. The summed E-state index contributed by atoms with van der Waals surface area (Å²) in [6.45, 7) is 0. The molecule has 0 aliphatic heterocycles. The zero-order valence-electron chi connectivity index (χ0n) is 10.4. The maximum Gasteiger partial charge on any atom is 0.204 e. The maximum absolute atomic E-state index is 12.4. The van der Waals surface area contributed by atoms with Gasteiger partial charge < -0.3 is 24.5 Å². The van der Waals surface area contributed by atoms with Crippen LogP contribution in [0.15, 0.2) is 33.5 Å². The summed E-state index contributed by atoms with van der Waals surface area (Å²) in [6, 6.07) is 4.85. The molecule has 0 fully saturated rings. The predicted octanol–water partition coefficient (Wildman–Crippen LogP) is 2.07. The molecule has 102 valence electrons. The lowest BCUT2D eigenvalue weighted by Crippen LogP contribution is -2.04. The van der Waals surface area contributed by atoms with Crippen molar-refractivity contribution in [1.82, 2.24) is 0 Å². The summed E-state index contributed by atoms with van der Waals surface area (Å²) >= 11 is 0. The first-order chi connectivity index (χ1) is 9.51. The van der Waals surface area contributed by atoms with Gasteiger partial charge in [0.25, 0.3) is 0 Å². The van der Waals surface area contributed by atoms with Crippen molar-refractivity contribution >= 4 is 21.9 Å². The standard InChI is InChI=1S/C14H10O6/c1-19-11-2-6(15)3-12-13(11)14(18)7-4-8(16)9(17)5-10(7)20-12/h2-5,15-17H,1H3. The summed E-state index contributed by atoms with van der Waals surface area (Å²) in [6.07, 6.45) is 0. The molecule has 0 atom stereocenters. The molecule has 3 rings (SSSR count). The Labute approximate surface area is 112 Å². The summed E-state index contributed by atoms with van der Waals surface area (Å²) in [5.74, 6) is -0.753. The Balaban J connectivity index is 2.57. The molecular formula is C14H10O6. The monoisotopic (exact) mass is 274 g/mol. The van der Waals surface area contributed by atoms with Gasteiger partial charge in [0, 0.05) is 18.2 Å². The third-order valence-electron chi connectivity index (χ3n) is 3.04. The SMILES string of the molecule is COc1cc(O)cc2oc3cc(O)c(O)cc3c(=O)c12. The van der Waals surface area contributed by atoms with Crippen molar-refractivity contribution in [2.45, 2.75) is 0 Å². The molecule has 0 bridgehead atoms. The fourth-order valence-corrected chi connectivity index (χ4v) is 2.11. The minimum absolute atomic E-state index is 0.102. The van der Waals surface area contributed by atoms with E-state index in [2.05, 4.69) is 0 Å². The molecule has 6 heteroatoms. The Kier molecular flexibility index (Phi) is 2.47. The fraction of sp³-hybridized carbons (Fsp3) is 0.0714. The zero-order valence-corrected chi connectivity index (χ0v) is 10.4. The molecule has 0 amide bonds. The second-order valence-electron chi connectivity index (χ2n) is 4.29. The van der Waals surface area contributed by atoms with Gasteiger partial charge >= 0.3 is 0 Å². The molecule has 0 aliphatic carbocycles. The van der Waals surface area contributed by atoms with Gasteiger partial charge in [-0.05, 0) is 6.07 Å². The van der Waals surface area contributed by atoms with Crippen LogP contribution >= 0.6 is 0 Å². The van der Waals surface area contributed by atoms with Crippen LogP contribution in [-0.2, 0) is 0 Å². The van der Waals surface area contributed by atoms with Gasteiger partial charge in [-0.2, -0.15) is 0 Å². The van der Waals surface area contributed by atoms with Crippen LogP contribution in [0, 0.1) is 0 Å². The van der Waals surface area contributed by atoms with Gasteiger partial charge in [-0.25, -0.2) is 0 Å². The smallest absolute Gasteiger partial charge is 0.204 e. The van der Waals surface area contributed by atoms with Crippen molar-refractivity contribution in [1.29, 1.82) is 0 Å². The van der Waals surface area contributed by atoms with E-state index in [1.807, 2.05) is 0 Å². The molecule has 0 aliphatic rings. The number of phenolic OH excluding ortho intramolecular Hbond substituents is 3. The van der Waals surface area contributed by atoms with Gasteiger partial charge in [-0.1, -0.05) is 0 Å². The van der Waals surface area contributed by atoms with E-state index in [1.54, 1.807) is 0 Å². The van der Waals surface area contributed by atoms with Gasteiger partial charge in [0.1, 0.15) is 28.1 Å². The van der Waals surface area contributed by atoms with E-state index in [-0.39, 0.29) is 33.4 Å². The molecule has 0 radical (unpaired) electrons. The maximum atomic E-state index is 12.4. The molecule has 6 nitrogen and oxygen atoms in total. The van der Waals surface area contributed by atoms with Crippen molar-refractivity contribution in [3.8, 4) is 23.0 Å². The van der Waals surface area contributed by atoms with E-state index < -0.39 is 16.9 Å². The Morgan fingerprint density at radius 2 is 1.70 bits per heavy atom. The highest BCUT2D eigenvalue weighted by molar-refractivity contribution is 5.95. The number of rotatable bonds is 1. The van der Waals surface area contributed by atoms with Crippen molar-refractivity contribution < 1.29 is 24.5 Å². The Morgan fingerprint density at radius 1 is 1.00 bits per heavy atom. The van der Waals surface area contributed by atoms with Crippen LogP contribution in [0.4, 0.5) is 0 Å². The number of hydrogen-bond donors (Lipinski definition) is 3. The first-order valence-electron chi connectivity index (χ1n) is 5.70. The molecule has 0 saturated carbocycles. The average Bonchev–Trinajstić information content (AvgIpc) is 2.40. The molecule has 0 saturated heterocycles. The first kappa shape index (κ1) is 12.2. The number of phenols is 3. The van der Waals surface area contributed by atoms with Crippen molar-refractivity contribution in [3.05, 3.63) is 34.5 Å². The first-order valence-corrected chi connectivity index (χ1v) is 5.70. The van der Waals surface area contributed by atoms with Gasteiger partial charge in [0.05, 0.1) is 12.5 Å². The van der Waals surface area contributed by atoms with E-state index in [0.717, 1.165) is 12.1 Å². The highest BCUT2D eigenvalue weighted by Gasteiger charge is 2.15. The average molecular weight is 274 g/mol. The number of methoxy groups -OCH3 is 1. The van der Waals surface area contributed by atoms with Crippen LogP contribution in [0.3, 0.4) is 0 Å². The van der Waals surface area contributed by atoms with Crippen LogP contribution in [0.1, 0.15) is 0 Å². The van der Waals surface area contributed by atoms with Crippen LogP contribution in [0.2, 0.25) is 0 Å². The van der Waals surface area contributed by atoms with Crippen molar-refractivity contribution in [3.63, 3.8) is 0 Å². The van der Waals surface area contributed by atoms with E-state index in [9.17, 15) is 20.1 Å². The summed E-state index contributed by atoms with van der Waals surface area (Å²) in [5, 5.41) is 28.8. The van der Waals surface area contributed by atoms with Gasteiger partial charge in [-0.15, -0.1) is 0 Å². The minimum atomic E-state index is -0.423. The highest BCUT2D eigenvalue weighted by Crippen LogP contribution is 2.34. The Hall–Kier alpha value is -2.89. The molecule has 3 aromatic rings. The number of hydrogen-bond acceptors (Lipinski definition) is 6.